The molecule has 3 aromatic rings. The van der Waals surface area contributed by atoms with Crippen molar-refractivity contribution in [2.75, 3.05) is 13.2 Å². The molecular weight excluding hydrogens is 376 g/mol. The van der Waals surface area contributed by atoms with Gasteiger partial charge in [0.05, 0.1) is 19.8 Å². The molecule has 0 spiro atoms. The van der Waals surface area contributed by atoms with Crippen molar-refractivity contribution in [1.82, 2.24) is 9.55 Å². The minimum Gasteiger partial charge on any atom is -0.393 e. The molecule has 8 heteroatoms. The van der Waals surface area contributed by atoms with Crippen LogP contribution >= 0.6 is 0 Å². The molecule has 0 unspecified atom stereocenters. The molecule has 3 heterocycles. The van der Waals surface area contributed by atoms with Crippen molar-refractivity contribution in [3.05, 3.63) is 81.1 Å². The number of hydrogen-bond acceptors (Lipinski definition) is 6. The fourth-order valence-corrected chi connectivity index (χ4v) is 4.11. The summed E-state index contributed by atoms with van der Waals surface area (Å²) in [6.07, 6.45) is 1.11. The van der Waals surface area contributed by atoms with Gasteiger partial charge in [-0.15, -0.1) is 0 Å². The van der Waals surface area contributed by atoms with Gasteiger partial charge in [-0.2, -0.15) is 0 Å². The molecule has 2 aliphatic heterocycles. The molecule has 2 saturated heterocycles. The maximum absolute atomic E-state index is 12.5. The second kappa shape index (κ2) is 6.64. The lowest BCUT2D eigenvalue weighted by molar-refractivity contribution is -0.374. The van der Waals surface area contributed by atoms with E-state index in [9.17, 15) is 14.7 Å². The number of nitrogens with one attached hydrogen (secondary N) is 1. The Morgan fingerprint density at radius 2 is 2.00 bits per heavy atom. The van der Waals surface area contributed by atoms with Gasteiger partial charge in [0.2, 0.25) is 0 Å². The average molecular weight is 396 g/mol. The van der Waals surface area contributed by atoms with E-state index in [1.165, 1.54) is 16.8 Å². The summed E-state index contributed by atoms with van der Waals surface area (Å²) in [5.74, 6) is -1.58. The maximum Gasteiger partial charge on any atom is 0.332 e. The molecule has 150 valence electrons. The number of aromatic nitrogens is 2. The summed E-state index contributed by atoms with van der Waals surface area (Å²) >= 11 is 0. The maximum atomic E-state index is 12.5. The normalized spacial score (nSPS) is 28.2. The van der Waals surface area contributed by atoms with Crippen molar-refractivity contribution in [2.24, 2.45) is 0 Å². The van der Waals surface area contributed by atoms with Crippen molar-refractivity contribution in [2.45, 2.75) is 30.6 Å². The number of fused-ring (bicyclic) bond motifs is 3. The lowest BCUT2D eigenvalue weighted by atomic mass is 10.0. The van der Waals surface area contributed by atoms with Crippen LogP contribution in [0.25, 0.3) is 10.8 Å². The largest absolute Gasteiger partial charge is 0.393 e. The summed E-state index contributed by atoms with van der Waals surface area (Å²) in [5, 5.41) is 12.0. The van der Waals surface area contributed by atoms with E-state index in [2.05, 4.69) is 4.98 Å². The molecule has 2 aromatic carbocycles. The third-order valence-corrected chi connectivity index (χ3v) is 5.58. The zero-order valence-corrected chi connectivity index (χ0v) is 15.5. The highest BCUT2D eigenvalue weighted by molar-refractivity contribution is 5.82. The third kappa shape index (κ3) is 2.92. The number of ether oxygens (including phenoxy) is 3. The van der Waals surface area contributed by atoms with Crippen LogP contribution in [-0.2, 0) is 26.7 Å². The van der Waals surface area contributed by atoms with E-state index in [0.29, 0.717) is 6.42 Å². The first-order valence-electron chi connectivity index (χ1n) is 9.40. The van der Waals surface area contributed by atoms with E-state index in [0.717, 1.165) is 16.3 Å². The molecule has 2 N–H and O–H groups in total. The predicted molar refractivity (Wildman–Crippen MR) is 103 cm³/mol. The van der Waals surface area contributed by atoms with Gasteiger partial charge in [-0.05, 0) is 22.4 Å². The zero-order valence-electron chi connectivity index (χ0n) is 15.5. The second-order valence-electron chi connectivity index (χ2n) is 7.53. The monoisotopic (exact) mass is 396 g/mol. The number of aliphatic hydroxyl groups is 1. The van der Waals surface area contributed by atoms with Crippen LogP contribution in [0.2, 0.25) is 0 Å². The minimum absolute atomic E-state index is 0.151. The fourth-order valence-electron chi connectivity index (χ4n) is 4.11. The van der Waals surface area contributed by atoms with Crippen molar-refractivity contribution in [3.8, 4) is 0 Å². The van der Waals surface area contributed by atoms with Gasteiger partial charge in [-0.3, -0.25) is 9.78 Å². The number of aliphatic hydroxyl groups excluding tert-OH is 1. The summed E-state index contributed by atoms with van der Waals surface area (Å²) in [7, 11) is 0. The lowest BCUT2D eigenvalue weighted by Crippen LogP contribution is -2.56. The predicted octanol–water partition coefficient (Wildman–Crippen LogP) is 1.07. The molecule has 2 aliphatic rings. The Bertz CT molecular complexity index is 1190. The molecule has 0 aliphatic carbocycles. The zero-order chi connectivity index (χ0) is 20.1. The number of rotatable bonds is 5. The summed E-state index contributed by atoms with van der Waals surface area (Å²) < 4.78 is 19.3. The van der Waals surface area contributed by atoms with Crippen LogP contribution in [0.5, 0.6) is 0 Å². The molecule has 5 rings (SSSR count). The molecule has 2 fully saturated rings. The molecule has 0 amide bonds. The van der Waals surface area contributed by atoms with Gasteiger partial charge in [-0.1, -0.05) is 36.4 Å². The Labute approximate surface area is 165 Å². The van der Waals surface area contributed by atoms with Gasteiger partial charge in [0.15, 0.2) is 0 Å². The highest BCUT2D eigenvalue weighted by Crippen LogP contribution is 2.48. The van der Waals surface area contributed by atoms with Crippen molar-refractivity contribution >= 4 is 10.8 Å². The Hall–Kier alpha value is -2.78. The van der Waals surface area contributed by atoms with Crippen LogP contribution in [0.15, 0.2) is 64.3 Å². The average Bonchev–Trinajstić information content (AvgIpc) is 3.30. The fraction of sp³-hybridized carbons (Fsp3) is 0.333. The van der Waals surface area contributed by atoms with Gasteiger partial charge in [-0.25, -0.2) is 9.36 Å². The van der Waals surface area contributed by atoms with Crippen LogP contribution in [0.4, 0.5) is 0 Å². The SMILES string of the molecule is O=c1ccn([C@]2(OCc3ccc4ccccc4c3)O[C@@]3(CO)CO[C@H]2C3)c(=O)[nH]1. The summed E-state index contributed by atoms with van der Waals surface area (Å²) in [6, 6.07) is 15.2. The Morgan fingerprint density at radius 1 is 1.17 bits per heavy atom. The third-order valence-electron chi connectivity index (χ3n) is 5.58. The second-order valence-corrected chi connectivity index (χ2v) is 7.53. The van der Waals surface area contributed by atoms with Gasteiger partial charge in [0.1, 0.15) is 11.7 Å². The first kappa shape index (κ1) is 18.3. The van der Waals surface area contributed by atoms with Crippen LogP contribution in [0.1, 0.15) is 12.0 Å². The highest BCUT2D eigenvalue weighted by atomic mass is 16.8. The van der Waals surface area contributed by atoms with Crippen LogP contribution in [0, 0.1) is 0 Å². The quantitative estimate of drug-likeness (QED) is 0.669. The number of aromatic amines is 1. The number of hydrogen-bond donors (Lipinski definition) is 2. The molecule has 29 heavy (non-hydrogen) atoms. The Balaban J connectivity index is 1.52. The summed E-state index contributed by atoms with van der Waals surface area (Å²) in [4.78, 5) is 26.3. The number of benzene rings is 2. The van der Waals surface area contributed by atoms with Crippen LogP contribution in [-0.4, -0.2) is 39.6 Å². The first-order chi connectivity index (χ1) is 14.0. The van der Waals surface area contributed by atoms with E-state index in [1.54, 1.807) is 0 Å². The molecular formula is C21H20N2O6. The molecule has 0 radical (unpaired) electrons. The molecule has 1 aromatic heterocycles. The van der Waals surface area contributed by atoms with E-state index >= 15 is 0 Å². The standard InChI is InChI=1S/C21H20N2O6/c24-12-20-10-17(27-13-20)21(29-20,23-8-7-18(25)22-19(23)26)28-11-14-5-6-15-3-1-2-4-16(15)9-14/h1-9,17,24H,10-13H2,(H,22,25,26)/t17-,20-,21+/m0/s1. The van der Waals surface area contributed by atoms with Crippen molar-refractivity contribution in [3.63, 3.8) is 0 Å². The Kier molecular flexibility index (Phi) is 4.18. The first-order valence-corrected chi connectivity index (χ1v) is 9.40. The van der Waals surface area contributed by atoms with Gasteiger partial charge in [0.25, 0.3) is 11.5 Å². The van der Waals surface area contributed by atoms with E-state index < -0.39 is 28.9 Å². The highest BCUT2D eigenvalue weighted by Gasteiger charge is 2.64. The van der Waals surface area contributed by atoms with E-state index in [1.807, 2.05) is 42.5 Å². The van der Waals surface area contributed by atoms with Crippen LogP contribution < -0.4 is 11.2 Å². The molecule has 2 bridgehead atoms. The lowest BCUT2D eigenvalue weighted by Gasteiger charge is -2.40. The van der Waals surface area contributed by atoms with Crippen molar-refractivity contribution in [1.29, 1.82) is 0 Å². The van der Waals surface area contributed by atoms with Gasteiger partial charge in [0, 0.05) is 18.7 Å². The summed E-state index contributed by atoms with van der Waals surface area (Å²) in [6.45, 7) is 0.105. The van der Waals surface area contributed by atoms with Crippen molar-refractivity contribution < 1.29 is 19.3 Å². The van der Waals surface area contributed by atoms with Crippen LogP contribution in [0.3, 0.4) is 0 Å². The van der Waals surface area contributed by atoms with Gasteiger partial charge >= 0.3 is 5.69 Å². The topological polar surface area (TPSA) is 103 Å². The summed E-state index contributed by atoms with van der Waals surface area (Å²) in [5.41, 5.74) is -1.23. The van der Waals surface area contributed by atoms with E-state index in [-0.39, 0.29) is 19.8 Å². The van der Waals surface area contributed by atoms with Gasteiger partial charge < -0.3 is 19.3 Å². The minimum atomic E-state index is -1.58. The Morgan fingerprint density at radius 3 is 2.76 bits per heavy atom. The smallest absolute Gasteiger partial charge is 0.332 e. The molecule has 8 nitrogen and oxygen atoms in total. The number of H-pyrrole nitrogens is 1. The molecule has 3 atom stereocenters. The molecule has 0 saturated carbocycles. The van der Waals surface area contributed by atoms with E-state index in [4.69, 9.17) is 14.2 Å². The number of nitrogens with zero attached hydrogens (tertiary/aromatic N) is 1.